The molecule has 1 aliphatic rings. The third-order valence-electron chi connectivity index (χ3n) is 7.50. The average molecular weight is 705 g/mol. The number of benzene rings is 4. The maximum atomic E-state index is 14.6. The number of carbonyl (C=O) groups is 1. The Balaban J connectivity index is 1.53. The van der Waals surface area contributed by atoms with Crippen LogP contribution in [-0.4, -0.2) is 38.1 Å². The van der Waals surface area contributed by atoms with E-state index in [4.69, 9.17) is 21.1 Å². The summed E-state index contributed by atoms with van der Waals surface area (Å²) in [5.74, 6) is -1.44. The van der Waals surface area contributed by atoms with Crippen molar-refractivity contribution in [2.45, 2.75) is 37.1 Å². The van der Waals surface area contributed by atoms with Crippen LogP contribution in [0.5, 0.6) is 5.75 Å². The van der Waals surface area contributed by atoms with Crippen molar-refractivity contribution in [1.29, 1.82) is 0 Å². The summed E-state index contributed by atoms with van der Waals surface area (Å²) in [6, 6.07) is 16.5. The van der Waals surface area contributed by atoms with Gasteiger partial charge in [-0.05, 0) is 79.6 Å². The molecule has 5 rings (SSSR count). The zero-order chi connectivity index (χ0) is 35.0. The Labute approximate surface area is 277 Å². The molecule has 1 heterocycles. The van der Waals surface area contributed by atoms with E-state index in [1.807, 2.05) is 0 Å². The van der Waals surface area contributed by atoms with Crippen LogP contribution in [-0.2, 0) is 20.9 Å². The molecule has 48 heavy (non-hydrogen) atoms. The molecule has 0 spiro atoms. The topological polar surface area (TPSA) is 116 Å². The van der Waals surface area contributed by atoms with Crippen LogP contribution in [0.3, 0.4) is 0 Å². The van der Waals surface area contributed by atoms with E-state index in [1.165, 1.54) is 49.4 Å². The number of nitro groups is 1. The minimum atomic E-state index is -4.82. The highest BCUT2D eigenvalue weighted by atomic mass is 35.5. The van der Waals surface area contributed by atoms with Crippen LogP contribution < -0.4 is 9.04 Å². The zero-order valence-corrected chi connectivity index (χ0v) is 26.6. The molecule has 0 aliphatic carbocycles. The largest absolute Gasteiger partial charge is 0.482 e. The first-order chi connectivity index (χ1) is 22.6. The molecular formula is C33H25ClF4N2O7S. The van der Waals surface area contributed by atoms with Crippen LogP contribution >= 0.6 is 11.6 Å². The molecule has 2 atom stereocenters. The second-order valence-electron chi connectivity index (χ2n) is 10.8. The highest BCUT2D eigenvalue weighted by Crippen LogP contribution is 2.40. The van der Waals surface area contributed by atoms with Gasteiger partial charge in [0.05, 0.1) is 38.2 Å². The van der Waals surface area contributed by atoms with E-state index in [-0.39, 0.29) is 33.3 Å². The summed E-state index contributed by atoms with van der Waals surface area (Å²) in [6.45, 7) is 2.56. The molecule has 250 valence electrons. The van der Waals surface area contributed by atoms with Crippen LogP contribution in [0.4, 0.5) is 28.9 Å². The highest BCUT2D eigenvalue weighted by molar-refractivity contribution is 7.92. The predicted octanol–water partition coefficient (Wildman–Crippen LogP) is 8.17. The van der Waals surface area contributed by atoms with Crippen molar-refractivity contribution in [3.8, 4) is 5.75 Å². The molecule has 0 saturated heterocycles. The molecule has 0 N–H and O–H groups in total. The number of nitro benzene ring substituents is 1. The first-order valence-corrected chi connectivity index (χ1v) is 16.0. The van der Waals surface area contributed by atoms with Crippen molar-refractivity contribution in [1.82, 2.24) is 0 Å². The van der Waals surface area contributed by atoms with Crippen molar-refractivity contribution in [2.24, 2.45) is 0 Å². The fraction of sp³-hybridized carbons (Fsp3) is 0.182. The van der Waals surface area contributed by atoms with Crippen molar-refractivity contribution in [2.75, 3.05) is 10.8 Å². The van der Waals surface area contributed by atoms with Crippen LogP contribution in [0.1, 0.15) is 40.9 Å². The lowest BCUT2D eigenvalue weighted by Gasteiger charge is -2.37. The number of sulfonamides is 1. The van der Waals surface area contributed by atoms with Gasteiger partial charge >= 0.3 is 12.1 Å². The summed E-state index contributed by atoms with van der Waals surface area (Å²) >= 11 is 6.21. The number of carbonyl (C=O) groups excluding carboxylic acids is 1. The molecule has 4 aromatic carbocycles. The minimum absolute atomic E-state index is 0.0127. The highest BCUT2D eigenvalue weighted by Gasteiger charge is 2.39. The lowest BCUT2D eigenvalue weighted by atomic mass is 10.0. The zero-order valence-electron chi connectivity index (χ0n) is 25.1. The number of rotatable bonds is 8. The maximum absolute atomic E-state index is 14.6. The van der Waals surface area contributed by atoms with Gasteiger partial charge in [0, 0.05) is 17.7 Å². The number of nitrogens with zero attached hydrogens (tertiary/aromatic N) is 2. The number of esters is 1. The van der Waals surface area contributed by atoms with Crippen LogP contribution in [0, 0.1) is 15.9 Å². The maximum Gasteiger partial charge on any atom is 0.416 e. The number of alkyl halides is 3. The fourth-order valence-electron chi connectivity index (χ4n) is 5.04. The van der Waals surface area contributed by atoms with Crippen molar-refractivity contribution in [3.63, 3.8) is 0 Å². The number of hydrogen-bond donors (Lipinski definition) is 0. The number of anilines is 1. The second-order valence-corrected chi connectivity index (χ2v) is 13.1. The Morgan fingerprint density at radius 3 is 2.42 bits per heavy atom. The van der Waals surface area contributed by atoms with Gasteiger partial charge < -0.3 is 9.47 Å². The van der Waals surface area contributed by atoms with Crippen LogP contribution in [0.15, 0.2) is 89.8 Å². The quantitative estimate of drug-likeness (QED) is 0.0597. The molecule has 9 nitrogen and oxygen atoms in total. The smallest absolute Gasteiger partial charge is 0.416 e. The van der Waals surface area contributed by atoms with Gasteiger partial charge in [0.15, 0.2) is 6.10 Å². The Bertz CT molecular complexity index is 2020. The van der Waals surface area contributed by atoms with Gasteiger partial charge in [0.2, 0.25) is 0 Å². The molecule has 0 fully saturated rings. The summed E-state index contributed by atoms with van der Waals surface area (Å²) in [7, 11) is -4.68. The molecular weight excluding hydrogens is 680 g/mol. The molecule has 15 heteroatoms. The minimum Gasteiger partial charge on any atom is -0.482 e. The van der Waals surface area contributed by atoms with E-state index in [2.05, 4.69) is 0 Å². The van der Waals surface area contributed by atoms with Gasteiger partial charge in [-0.25, -0.2) is 17.6 Å². The first-order valence-electron chi connectivity index (χ1n) is 14.1. The predicted molar refractivity (Wildman–Crippen MR) is 170 cm³/mol. The molecule has 0 saturated carbocycles. The standard InChI is InChI=1S/C33H25ClF4N2O7S/c1-19(31-26(34)7-4-8-27(31)35)15-21-9-14-29-28(16-21)39(48(44,45)25-6-3-5-23(17-25)33(36,37)38)18-30(47-29)20(2)46-32(41)22-10-12-24(13-11-22)40(42)43/h3-17,20,30H,18H2,1-2H3/t20-,30-/m1/s1. The number of allylic oxidation sites excluding steroid dienone is 1. The number of hydrogen-bond acceptors (Lipinski definition) is 7. The number of fused-ring (bicyclic) bond motifs is 1. The van der Waals surface area contributed by atoms with Gasteiger partial charge in [-0.2, -0.15) is 13.2 Å². The molecule has 0 bridgehead atoms. The van der Waals surface area contributed by atoms with Crippen molar-refractivity contribution >= 4 is 50.6 Å². The summed E-state index contributed by atoms with van der Waals surface area (Å²) in [6.07, 6.45) is -5.51. The number of halogens is 5. The fourth-order valence-corrected chi connectivity index (χ4v) is 6.88. The summed E-state index contributed by atoms with van der Waals surface area (Å²) < 4.78 is 95.7. The number of non-ortho nitro benzene ring substituents is 1. The SMILES string of the molecule is CC(=Cc1ccc2c(c1)N(S(=O)(=O)c1cccc(C(F)(F)F)c1)C[C@H]([C@@H](C)OC(=O)c1ccc([N+](=O)[O-])cc1)O2)c1c(F)cccc1Cl. The normalized spacial score (nSPS) is 15.7. The van der Waals surface area contributed by atoms with Crippen LogP contribution in [0.2, 0.25) is 5.02 Å². The Morgan fingerprint density at radius 2 is 1.77 bits per heavy atom. The van der Waals surface area contributed by atoms with E-state index < -0.39 is 62.1 Å². The summed E-state index contributed by atoms with van der Waals surface area (Å²) in [4.78, 5) is 22.5. The average Bonchev–Trinajstić information content (AvgIpc) is 3.03. The van der Waals surface area contributed by atoms with Gasteiger partial charge in [0.1, 0.15) is 17.7 Å². The summed E-state index contributed by atoms with van der Waals surface area (Å²) in [5.41, 5.74) is -0.527. The van der Waals surface area contributed by atoms with Crippen LogP contribution in [0.25, 0.3) is 11.6 Å². The van der Waals surface area contributed by atoms with Gasteiger partial charge in [0.25, 0.3) is 15.7 Å². The van der Waals surface area contributed by atoms with Gasteiger partial charge in [-0.1, -0.05) is 35.9 Å². The lowest BCUT2D eigenvalue weighted by molar-refractivity contribution is -0.384. The van der Waals surface area contributed by atoms with E-state index in [0.717, 1.165) is 34.6 Å². The van der Waals surface area contributed by atoms with Gasteiger partial charge in [-0.15, -0.1) is 0 Å². The van der Waals surface area contributed by atoms with Crippen molar-refractivity contribution < 1.29 is 45.2 Å². The second kappa shape index (κ2) is 13.3. The van der Waals surface area contributed by atoms with E-state index >= 15 is 0 Å². The van der Waals surface area contributed by atoms with Crippen molar-refractivity contribution in [3.05, 3.63) is 128 Å². The molecule has 1 aliphatic heterocycles. The van der Waals surface area contributed by atoms with E-state index in [1.54, 1.807) is 19.1 Å². The molecule has 0 aromatic heterocycles. The van der Waals surface area contributed by atoms with E-state index in [9.17, 15) is 40.9 Å². The Kier molecular flexibility index (Phi) is 9.51. The lowest BCUT2D eigenvalue weighted by Crippen LogP contribution is -2.49. The monoisotopic (exact) mass is 704 g/mol. The third kappa shape index (κ3) is 7.14. The molecule has 0 amide bonds. The summed E-state index contributed by atoms with van der Waals surface area (Å²) in [5, 5.41) is 11.1. The molecule has 0 unspecified atom stereocenters. The third-order valence-corrected chi connectivity index (χ3v) is 9.59. The Hall–Kier alpha value is -4.95. The first kappa shape index (κ1) is 34.4. The van der Waals surface area contributed by atoms with Gasteiger partial charge in [-0.3, -0.25) is 14.4 Å². The van der Waals surface area contributed by atoms with E-state index in [0.29, 0.717) is 17.2 Å². The molecule has 0 radical (unpaired) electrons. The number of ether oxygens (including phenoxy) is 2. The molecule has 4 aromatic rings. The Morgan fingerprint density at radius 1 is 1.08 bits per heavy atom.